The summed E-state index contributed by atoms with van der Waals surface area (Å²) in [5, 5.41) is 10.6. The normalized spacial score (nSPS) is 11.9. The summed E-state index contributed by atoms with van der Waals surface area (Å²) in [4.78, 5) is 10.6. The zero-order valence-corrected chi connectivity index (χ0v) is 33.6. The van der Waals surface area contributed by atoms with Crippen LogP contribution < -0.4 is 0 Å². The number of para-hydroxylation sites is 3. The summed E-state index contributed by atoms with van der Waals surface area (Å²) in [5.41, 5.74) is 13.3. The molecular formula is C58H36N4. The van der Waals surface area contributed by atoms with Crippen LogP contribution in [-0.2, 0) is 0 Å². The van der Waals surface area contributed by atoms with Crippen molar-refractivity contribution < 1.29 is 0 Å². The Labute approximate surface area is 357 Å². The van der Waals surface area contributed by atoms with Crippen LogP contribution in [0.4, 0.5) is 0 Å². The van der Waals surface area contributed by atoms with Gasteiger partial charge in [-0.05, 0) is 100 Å². The fraction of sp³-hybridized carbons (Fsp3) is 0. The zero-order valence-electron chi connectivity index (χ0n) is 33.6. The van der Waals surface area contributed by atoms with Crippen molar-refractivity contribution in [1.29, 1.82) is 0 Å². The van der Waals surface area contributed by atoms with Crippen LogP contribution in [-0.4, -0.2) is 19.1 Å². The Bertz CT molecular complexity index is 3910. The molecule has 4 heteroatoms. The third-order valence-electron chi connectivity index (χ3n) is 12.7. The molecule has 0 unspecified atom stereocenters. The molecule has 0 bridgehead atoms. The highest BCUT2D eigenvalue weighted by atomic mass is 15.0. The van der Waals surface area contributed by atoms with Gasteiger partial charge in [0.15, 0.2) is 5.82 Å². The Kier molecular flexibility index (Phi) is 7.57. The minimum Gasteiger partial charge on any atom is -0.309 e. The first-order valence-corrected chi connectivity index (χ1v) is 21.2. The first kappa shape index (κ1) is 34.5. The maximum Gasteiger partial charge on any atom is 0.160 e. The average molecular weight is 789 g/mol. The molecule has 288 valence electrons. The quantitative estimate of drug-likeness (QED) is 0.163. The second kappa shape index (κ2) is 13.6. The summed E-state index contributed by atoms with van der Waals surface area (Å²) < 4.78 is 4.76. The van der Waals surface area contributed by atoms with E-state index in [-0.39, 0.29) is 0 Å². The van der Waals surface area contributed by atoms with Gasteiger partial charge in [-0.1, -0.05) is 146 Å². The third-order valence-corrected chi connectivity index (χ3v) is 12.7. The first-order valence-electron chi connectivity index (χ1n) is 21.2. The predicted octanol–water partition coefficient (Wildman–Crippen LogP) is 15.1. The Morgan fingerprint density at radius 3 is 1.45 bits per heavy atom. The second-order valence-electron chi connectivity index (χ2n) is 16.2. The molecule has 0 saturated heterocycles. The van der Waals surface area contributed by atoms with Gasteiger partial charge in [0.2, 0.25) is 0 Å². The largest absolute Gasteiger partial charge is 0.309 e. The smallest absolute Gasteiger partial charge is 0.160 e. The highest BCUT2D eigenvalue weighted by Gasteiger charge is 2.18. The molecule has 0 fully saturated rings. The van der Waals surface area contributed by atoms with E-state index in [1.807, 2.05) is 0 Å². The number of fused-ring (bicyclic) bond motifs is 10. The lowest BCUT2D eigenvalue weighted by atomic mass is 10.0. The summed E-state index contributed by atoms with van der Waals surface area (Å²) in [6, 6.07) is 78.6. The van der Waals surface area contributed by atoms with Crippen molar-refractivity contribution in [2.75, 3.05) is 0 Å². The van der Waals surface area contributed by atoms with Crippen LogP contribution in [0.2, 0.25) is 0 Å². The molecule has 13 aromatic rings. The van der Waals surface area contributed by atoms with Crippen molar-refractivity contribution in [2.24, 2.45) is 0 Å². The molecule has 3 aromatic heterocycles. The van der Waals surface area contributed by atoms with Crippen molar-refractivity contribution in [3.8, 4) is 45.1 Å². The van der Waals surface area contributed by atoms with Crippen molar-refractivity contribution in [3.63, 3.8) is 0 Å². The summed E-state index contributed by atoms with van der Waals surface area (Å²) >= 11 is 0. The maximum atomic E-state index is 5.32. The molecule has 0 N–H and O–H groups in total. The SMILES string of the molecule is c1ccc(-n2c3ccccc3c3cc(-c4ccc5c(c4)c4ccccc4n5-c4ccc(-c5nc(-c6ccc7ccccc7c6)nc6c5ccc5ccccc56)cc4)ccc32)cc1. The van der Waals surface area contributed by atoms with Gasteiger partial charge in [-0.2, -0.15) is 0 Å². The third kappa shape index (κ3) is 5.33. The molecule has 3 heterocycles. The highest BCUT2D eigenvalue weighted by Crippen LogP contribution is 2.40. The van der Waals surface area contributed by atoms with Crippen molar-refractivity contribution >= 4 is 76.1 Å². The molecule has 0 aliphatic carbocycles. The van der Waals surface area contributed by atoms with Gasteiger partial charge in [-0.3, -0.25) is 0 Å². The number of hydrogen-bond donors (Lipinski definition) is 0. The van der Waals surface area contributed by atoms with E-state index in [0.717, 1.165) is 50.0 Å². The van der Waals surface area contributed by atoms with Crippen LogP contribution in [0.3, 0.4) is 0 Å². The van der Waals surface area contributed by atoms with Gasteiger partial charge < -0.3 is 9.13 Å². The van der Waals surface area contributed by atoms with Crippen LogP contribution in [0.5, 0.6) is 0 Å². The first-order chi connectivity index (χ1) is 30.7. The Balaban J connectivity index is 0.935. The molecule has 4 nitrogen and oxygen atoms in total. The number of benzene rings is 10. The number of rotatable bonds is 5. The van der Waals surface area contributed by atoms with Crippen LogP contribution in [0, 0.1) is 0 Å². The Hall–Kier alpha value is -8.34. The monoisotopic (exact) mass is 788 g/mol. The van der Waals surface area contributed by atoms with E-state index in [4.69, 9.17) is 9.97 Å². The van der Waals surface area contributed by atoms with Crippen LogP contribution >= 0.6 is 0 Å². The van der Waals surface area contributed by atoms with Gasteiger partial charge in [0, 0.05) is 54.8 Å². The van der Waals surface area contributed by atoms with Crippen LogP contribution in [0.15, 0.2) is 218 Å². The average Bonchev–Trinajstić information content (AvgIpc) is 3.86. The number of aromatic nitrogens is 4. The van der Waals surface area contributed by atoms with Crippen molar-refractivity contribution in [2.45, 2.75) is 0 Å². The van der Waals surface area contributed by atoms with Gasteiger partial charge in [-0.25, -0.2) is 9.97 Å². The molecule has 0 spiro atoms. The van der Waals surface area contributed by atoms with E-state index >= 15 is 0 Å². The molecule has 0 atom stereocenters. The summed E-state index contributed by atoms with van der Waals surface area (Å²) in [7, 11) is 0. The maximum absolute atomic E-state index is 5.32. The van der Waals surface area contributed by atoms with Gasteiger partial charge in [0.25, 0.3) is 0 Å². The van der Waals surface area contributed by atoms with Gasteiger partial charge in [0.05, 0.1) is 33.3 Å². The van der Waals surface area contributed by atoms with E-state index in [2.05, 4.69) is 228 Å². The van der Waals surface area contributed by atoms with Gasteiger partial charge in [0.1, 0.15) is 0 Å². The lowest BCUT2D eigenvalue weighted by Crippen LogP contribution is -1.97. The molecule has 10 aromatic carbocycles. The number of hydrogen-bond acceptors (Lipinski definition) is 2. The molecule has 13 rings (SSSR count). The summed E-state index contributed by atoms with van der Waals surface area (Å²) in [5.74, 6) is 0.720. The van der Waals surface area contributed by atoms with E-state index in [9.17, 15) is 0 Å². The van der Waals surface area contributed by atoms with Crippen molar-refractivity contribution in [1.82, 2.24) is 19.1 Å². The second-order valence-corrected chi connectivity index (χ2v) is 16.2. The van der Waals surface area contributed by atoms with Crippen LogP contribution in [0.1, 0.15) is 0 Å². The Morgan fingerprint density at radius 1 is 0.274 bits per heavy atom. The fourth-order valence-corrected chi connectivity index (χ4v) is 9.75. The lowest BCUT2D eigenvalue weighted by molar-refractivity contribution is 1.18. The molecule has 62 heavy (non-hydrogen) atoms. The van der Waals surface area contributed by atoms with E-state index in [0.29, 0.717) is 0 Å². The topological polar surface area (TPSA) is 35.6 Å². The molecule has 0 amide bonds. The standard InChI is InChI=1S/C58H36N4/c1-2-15-44(16-3-1)61-52-20-10-8-18-47(52)50-35-41(27-32-54(50)61)42-28-33-55-51(36-42)48-19-9-11-21-53(48)62(55)45-29-24-39(25-30-45)56-49-31-26-38-13-6-7-17-46(38)57(49)60-58(59-56)43-23-22-37-12-4-5-14-40(37)34-43/h1-36H. The van der Waals surface area contributed by atoms with E-state index < -0.39 is 0 Å². The number of nitrogens with zero attached hydrogens (tertiary/aromatic N) is 4. The summed E-state index contributed by atoms with van der Waals surface area (Å²) in [6.07, 6.45) is 0. The van der Waals surface area contributed by atoms with Gasteiger partial charge >= 0.3 is 0 Å². The fourth-order valence-electron chi connectivity index (χ4n) is 9.75. The molecule has 0 aliphatic heterocycles. The van der Waals surface area contributed by atoms with Crippen molar-refractivity contribution in [3.05, 3.63) is 218 Å². The Morgan fingerprint density at radius 2 is 0.774 bits per heavy atom. The predicted molar refractivity (Wildman–Crippen MR) is 260 cm³/mol. The zero-order chi connectivity index (χ0) is 40.7. The van der Waals surface area contributed by atoms with Crippen LogP contribution in [0.25, 0.3) is 121 Å². The summed E-state index contributed by atoms with van der Waals surface area (Å²) in [6.45, 7) is 0. The molecule has 0 aliphatic rings. The van der Waals surface area contributed by atoms with E-state index in [1.54, 1.807) is 0 Å². The molecular weight excluding hydrogens is 753 g/mol. The molecule has 0 radical (unpaired) electrons. The van der Waals surface area contributed by atoms with E-state index in [1.165, 1.54) is 71.2 Å². The minimum atomic E-state index is 0.720. The minimum absolute atomic E-state index is 0.720. The molecule has 0 saturated carbocycles. The highest BCUT2D eigenvalue weighted by molar-refractivity contribution is 6.13. The lowest BCUT2D eigenvalue weighted by Gasteiger charge is -2.13. The van der Waals surface area contributed by atoms with Gasteiger partial charge in [-0.15, -0.1) is 0 Å².